The fraction of sp³-hybridized carbons (Fsp3) is 0. The fourth-order valence-corrected chi connectivity index (χ4v) is 0. The average molecular weight is 354 g/mol. The molecule has 0 heterocycles. The van der Waals surface area contributed by atoms with Gasteiger partial charge in [0.05, 0.1) is 0 Å². The zero-order valence-electron chi connectivity index (χ0n) is 3.13. The van der Waals surface area contributed by atoms with E-state index in [4.69, 9.17) is 0 Å². The first-order chi connectivity index (χ1) is 0. The summed E-state index contributed by atoms with van der Waals surface area (Å²) in [4.78, 5) is 0. The molecule has 0 N–H and O–H groups in total. The van der Waals surface area contributed by atoms with E-state index in [0.717, 1.165) is 0 Å². The van der Waals surface area contributed by atoms with Crippen molar-refractivity contribution in [1.82, 2.24) is 0 Å². The minimum absolute atomic E-state index is 0. The van der Waals surface area contributed by atoms with Crippen LogP contribution in [-0.2, 0) is 122 Å². The van der Waals surface area contributed by atoms with E-state index in [9.17, 15) is 0 Å². The first-order valence-electron chi connectivity index (χ1n) is 0. The average Bonchev–Trinajstić information content (AvgIpc) is 0. The van der Waals surface area contributed by atoms with Gasteiger partial charge in [0.2, 0.25) is 0 Å². The van der Waals surface area contributed by atoms with Crippen LogP contribution in [0.25, 0.3) is 0 Å². The summed E-state index contributed by atoms with van der Waals surface area (Å²) in [5, 5.41) is 0. The molecule has 0 bridgehead atoms. The van der Waals surface area contributed by atoms with Crippen molar-refractivity contribution in [1.29, 1.82) is 0 Å². The van der Waals surface area contributed by atoms with E-state index in [2.05, 4.69) is 0 Å². The molecule has 0 saturated heterocycles. The van der Waals surface area contributed by atoms with Crippen LogP contribution in [-0.4, -0.2) is 0 Å². The molecule has 8 heavy (non-hydrogen) atoms. The van der Waals surface area contributed by atoms with E-state index < -0.39 is 0 Å². The van der Waals surface area contributed by atoms with Gasteiger partial charge in [-0.2, -0.15) is 0 Å². The Balaban J connectivity index is 0. The number of thiol groups is 2. The van der Waals surface area contributed by atoms with Crippen molar-refractivity contribution < 1.29 is 68.3 Å². The summed E-state index contributed by atoms with van der Waals surface area (Å²) in [6.07, 6.45) is 0. The van der Waals surface area contributed by atoms with Crippen LogP contribution in [0.1, 0.15) is 0 Å². The Morgan fingerprint density at radius 1 is 0.500 bits per heavy atom. The van der Waals surface area contributed by atoms with Gasteiger partial charge in [-0.1, -0.05) is 0 Å². The Labute approximate surface area is 121 Å². The third-order valence-electron chi connectivity index (χ3n) is 0. The van der Waals surface area contributed by atoms with Gasteiger partial charge >= 0.3 is 34.1 Å². The molecule has 0 rings (SSSR count). The van der Waals surface area contributed by atoms with Gasteiger partial charge in [-0.3, -0.25) is 0 Å². The third-order valence-corrected chi connectivity index (χ3v) is 0. The predicted octanol–water partition coefficient (Wildman–Crippen LogP) is -0.555. The third kappa shape index (κ3) is 56.3. The molecule has 0 aliphatic heterocycles. The van der Waals surface area contributed by atoms with Gasteiger partial charge in [0, 0.05) is 34.1 Å². The van der Waals surface area contributed by atoms with Crippen molar-refractivity contribution in [3.05, 3.63) is 0 Å². The topological polar surface area (TPSA) is 0 Å². The minimum atomic E-state index is 0. The largest absolute Gasteiger partial charge is 2.00 e. The van der Waals surface area contributed by atoms with Gasteiger partial charge in [0.15, 0.2) is 0 Å². The van der Waals surface area contributed by atoms with Crippen molar-refractivity contribution in [3.8, 4) is 0 Å². The molecule has 0 spiro atoms. The van der Waals surface area contributed by atoms with Crippen LogP contribution in [0, 0.1) is 0 Å². The Bertz CT molecular complexity index is 8.00. The molecule has 0 aliphatic carbocycles. The fourth-order valence-electron chi connectivity index (χ4n) is 0. The van der Waals surface area contributed by atoms with Gasteiger partial charge in [0.1, 0.15) is 0 Å². The summed E-state index contributed by atoms with van der Waals surface area (Å²) in [6.45, 7) is 0. The van der Waals surface area contributed by atoms with Crippen molar-refractivity contribution in [3.63, 3.8) is 0 Å². The van der Waals surface area contributed by atoms with Gasteiger partial charge < -0.3 is 54.0 Å². The van der Waals surface area contributed by atoms with E-state index in [-0.39, 0.29) is 122 Å². The summed E-state index contributed by atoms with van der Waals surface area (Å²) >= 11 is 0. The van der Waals surface area contributed by atoms with Crippen LogP contribution in [0.4, 0.5) is 0 Å². The number of rotatable bonds is 0. The standard InChI is InChI=1S/4Fe.2H2S.2S/h;;;;2*1H2;;/q;;2*+2;;;2*-1/p-2. The maximum Gasteiger partial charge on any atom is 2.00 e. The maximum absolute atomic E-state index is 0. The van der Waals surface area contributed by atoms with Crippen LogP contribution in [0.2, 0.25) is 0 Å². The molecule has 0 aromatic heterocycles. The predicted molar refractivity (Wildman–Crippen MR) is 32.2 cm³/mol. The molecule has 0 unspecified atom stereocenters. The van der Waals surface area contributed by atoms with E-state index >= 15 is 0 Å². The van der Waals surface area contributed by atoms with Gasteiger partial charge in [0.25, 0.3) is 0 Å². The second-order valence-corrected chi connectivity index (χ2v) is 0. The summed E-state index contributed by atoms with van der Waals surface area (Å²) in [7, 11) is 0. The molecule has 58 valence electrons. The number of hydrogen-bond donors (Lipinski definition) is 0. The molecule has 0 nitrogen and oxygen atoms in total. The zero-order chi connectivity index (χ0) is 0. The molecule has 0 aliphatic rings. The van der Waals surface area contributed by atoms with Gasteiger partial charge in [-0.25, -0.2) is 0 Å². The molecule has 8 heteroatoms. The van der Waals surface area contributed by atoms with Crippen molar-refractivity contribution in [2.24, 2.45) is 0 Å². The molecule has 0 aromatic rings. The molecule has 0 atom stereocenters. The monoisotopic (exact) mass is 354 g/mol. The Hall–Kier alpha value is 3.48. The first-order valence-corrected chi connectivity index (χ1v) is 0. The zero-order valence-corrected chi connectivity index (χ0v) is 11.0. The van der Waals surface area contributed by atoms with Gasteiger partial charge in [-0.15, -0.1) is 0 Å². The van der Waals surface area contributed by atoms with E-state index in [0.29, 0.717) is 0 Å². The van der Waals surface area contributed by atoms with Crippen molar-refractivity contribution >= 4 is 54.0 Å². The molecule has 2 radical (unpaired) electrons. The SMILES string of the molecule is [Fe+2].[Fe+2].[Fe].[Fe].[S-].[S-].[SH-].[SH-]. The van der Waals surface area contributed by atoms with Crippen LogP contribution in [0.15, 0.2) is 0 Å². The summed E-state index contributed by atoms with van der Waals surface area (Å²) in [5.41, 5.74) is 0. The summed E-state index contributed by atoms with van der Waals surface area (Å²) in [6, 6.07) is 0. The molecule has 0 saturated carbocycles. The molecular formula is H2Fe4S4. The van der Waals surface area contributed by atoms with Crippen LogP contribution >= 0.6 is 0 Å². The number of hydrogen-bond acceptors (Lipinski definition) is 4. The van der Waals surface area contributed by atoms with Crippen molar-refractivity contribution in [2.45, 2.75) is 0 Å². The minimum Gasteiger partial charge on any atom is -1.00 e. The molecule has 0 amide bonds. The van der Waals surface area contributed by atoms with E-state index in [1.807, 2.05) is 0 Å². The van der Waals surface area contributed by atoms with Crippen LogP contribution in [0.3, 0.4) is 0 Å². The Morgan fingerprint density at radius 3 is 0.500 bits per heavy atom. The van der Waals surface area contributed by atoms with Crippen molar-refractivity contribution in [2.75, 3.05) is 0 Å². The summed E-state index contributed by atoms with van der Waals surface area (Å²) < 4.78 is 0. The Morgan fingerprint density at radius 2 is 0.500 bits per heavy atom. The van der Waals surface area contributed by atoms with Crippen LogP contribution in [0.5, 0.6) is 0 Å². The smallest absolute Gasteiger partial charge is 1.00 e. The van der Waals surface area contributed by atoms with Crippen LogP contribution < -0.4 is 0 Å². The van der Waals surface area contributed by atoms with E-state index in [1.54, 1.807) is 0 Å². The molecular weight excluding hydrogens is 352 g/mol. The molecule has 0 aromatic carbocycles. The quantitative estimate of drug-likeness (QED) is 0.325. The first kappa shape index (κ1) is 104. The van der Waals surface area contributed by atoms with E-state index in [1.165, 1.54) is 0 Å². The second kappa shape index (κ2) is 77.8. The normalized spacial score (nSPS) is 0. The second-order valence-electron chi connectivity index (χ2n) is 0. The maximum atomic E-state index is 0. The molecule has 0 fully saturated rings. The Kier molecular flexibility index (Phi) is 1010. The summed E-state index contributed by atoms with van der Waals surface area (Å²) in [5.74, 6) is 0. The van der Waals surface area contributed by atoms with Gasteiger partial charge in [-0.05, 0) is 0 Å².